The average Bonchev–Trinajstić information content (AvgIpc) is 2.92. The van der Waals surface area contributed by atoms with Crippen LogP contribution in [0.3, 0.4) is 0 Å². The third-order valence-corrected chi connectivity index (χ3v) is 6.73. The summed E-state index contributed by atoms with van der Waals surface area (Å²) in [7, 11) is 0. The molecule has 4 N–H and O–H groups in total. The lowest BCUT2D eigenvalue weighted by Gasteiger charge is -2.29. The molecule has 1 heterocycles. The molecule has 0 aliphatic carbocycles. The summed E-state index contributed by atoms with van der Waals surface area (Å²) in [6.07, 6.45) is 22.7. The van der Waals surface area contributed by atoms with Gasteiger partial charge < -0.3 is 21.3 Å². The minimum absolute atomic E-state index is 0.0971. The predicted octanol–water partition coefficient (Wildman–Crippen LogP) is 7.20. The van der Waals surface area contributed by atoms with Crippen LogP contribution in [0.1, 0.15) is 63.9 Å². The number of hydrogen-bond donors (Lipinski definition) is 4. The molecule has 4 heteroatoms. The summed E-state index contributed by atoms with van der Waals surface area (Å²) in [6.45, 7) is 20.7. The highest BCUT2D eigenvalue weighted by atomic mass is 15.1. The quantitative estimate of drug-likeness (QED) is 0.157. The highest BCUT2D eigenvalue weighted by Crippen LogP contribution is 2.13. The highest BCUT2D eigenvalue weighted by Gasteiger charge is 2.17. The molecule has 2 atom stereocenters. The Labute approximate surface area is 232 Å². The molecular formula is C34H50N4. The molecule has 2 unspecified atom stereocenters. The lowest BCUT2D eigenvalue weighted by molar-refractivity contribution is 0.487. The molecule has 0 radical (unpaired) electrons. The van der Waals surface area contributed by atoms with Crippen LogP contribution in [0.2, 0.25) is 0 Å². The summed E-state index contributed by atoms with van der Waals surface area (Å²) in [4.78, 5) is 0. The third kappa shape index (κ3) is 13.2. The Hall–Kier alpha value is -3.40. The van der Waals surface area contributed by atoms with Gasteiger partial charge in [-0.2, -0.15) is 0 Å². The summed E-state index contributed by atoms with van der Waals surface area (Å²) >= 11 is 0. The number of hydrogen-bond acceptors (Lipinski definition) is 4. The van der Waals surface area contributed by atoms with Crippen LogP contribution < -0.4 is 21.3 Å². The number of allylic oxidation sites excluding steroid dienone is 5. The summed E-state index contributed by atoms with van der Waals surface area (Å²) in [5.74, 6) is 0. The number of aryl methyl sites for hydroxylation is 1. The van der Waals surface area contributed by atoms with E-state index >= 15 is 0 Å². The molecule has 0 saturated heterocycles. The lowest BCUT2D eigenvalue weighted by Crippen LogP contribution is -2.42. The molecule has 0 saturated carbocycles. The smallest absolute Gasteiger partial charge is 0.0651 e. The van der Waals surface area contributed by atoms with Crippen LogP contribution in [-0.4, -0.2) is 25.2 Å². The van der Waals surface area contributed by atoms with E-state index in [-0.39, 0.29) is 12.1 Å². The van der Waals surface area contributed by atoms with E-state index in [0.717, 1.165) is 68.0 Å². The number of benzene rings is 1. The zero-order valence-corrected chi connectivity index (χ0v) is 23.6. The van der Waals surface area contributed by atoms with Crippen LogP contribution >= 0.6 is 0 Å². The minimum atomic E-state index is 0.0971. The van der Waals surface area contributed by atoms with Gasteiger partial charge in [-0.3, -0.25) is 0 Å². The normalized spacial score (nSPS) is 18.6. The Morgan fingerprint density at radius 1 is 1.05 bits per heavy atom. The number of nitrogens with one attached hydrogen (secondary N) is 4. The van der Waals surface area contributed by atoms with Crippen molar-refractivity contribution in [1.29, 1.82) is 0 Å². The van der Waals surface area contributed by atoms with Crippen LogP contribution in [0.25, 0.3) is 0 Å². The highest BCUT2D eigenvalue weighted by molar-refractivity contribution is 5.22. The fraction of sp³-hybridized carbons (Fsp3) is 0.412. The van der Waals surface area contributed by atoms with E-state index in [2.05, 4.69) is 109 Å². The fourth-order valence-electron chi connectivity index (χ4n) is 4.42. The Morgan fingerprint density at radius 3 is 2.66 bits per heavy atom. The zero-order valence-electron chi connectivity index (χ0n) is 23.6. The minimum Gasteiger partial charge on any atom is -0.386 e. The topological polar surface area (TPSA) is 48.1 Å². The summed E-state index contributed by atoms with van der Waals surface area (Å²) in [5, 5.41) is 13.9. The second kappa shape index (κ2) is 18.8. The van der Waals surface area contributed by atoms with Crippen molar-refractivity contribution < 1.29 is 0 Å². The lowest BCUT2D eigenvalue weighted by atomic mass is 10.0. The van der Waals surface area contributed by atoms with Gasteiger partial charge in [-0.25, -0.2) is 0 Å². The van der Waals surface area contributed by atoms with Gasteiger partial charge in [0, 0.05) is 35.9 Å². The van der Waals surface area contributed by atoms with Gasteiger partial charge in [0.15, 0.2) is 0 Å². The van der Waals surface area contributed by atoms with Crippen molar-refractivity contribution in [2.75, 3.05) is 13.1 Å². The molecule has 38 heavy (non-hydrogen) atoms. The molecule has 0 aromatic heterocycles. The molecule has 2 rings (SSSR count). The van der Waals surface area contributed by atoms with Gasteiger partial charge in [0.05, 0.1) is 12.1 Å². The van der Waals surface area contributed by atoms with Crippen molar-refractivity contribution in [3.05, 3.63) is 121 Å². The Balaban J connectivity index is 1.71. The molecule has 0 fully saturated rings. The summed E-state index contributed by atoms with van der Waals surface area (Å²) in [5.41, 5.74) is 5.24. The standard InChI is InChI=1S/C34H50N4/c1-6-33(31(5)38-34-25-17-18-26-35-28(2)21-19-27-36-30(34)4)37-29(3)20-13-10-8-7-9-11-14-22-32-23-15-12-16-24-32/h8,10,12-13,15-16,19-21,23-24,33-38H,2-7,9,11,14,17-18,22,25-27H2,1H3/b10-8+,20-13+,21-19+. The van der Waals surface area contributed by atoms with Crippen LogP contribution in [0.15, 0.2) is 116 Å². The first-order valence-electron chi connectivity index (χ1n) is 14.3. The zero-order chi connectivity index (χ0) is 27.4. The molecule has 0 bridgehead atoms. The van der Waals surface area contributed by atoms with E-state index in [1.54, 1.807) is 0 Å². The number of rotatable bonds is 14. The van der Waals surface area contributed by atoms with E-state index in [9.17, 15) is 0 Å². The monoisotopic (exact) mass is 514 g/mol. The Bertz CT molecular complexity index is 954. The molecule has 1 aromatic rings. The Morgan fingerprint density at radius 2 is 1.87 bits per heavy atom. The van der Waals surface area contributed by atoms with Crippen molar-refractivity contribution in [3.8, 4) is 0 Å². The van der Waals surface area contributed by atoms with Crippen LogP contribution in [0, 0.1) is 0 Å². The summed E-state index contributed by atoms with van der Waals surface area (Å²) < 4.78 is 0. The van der Waals surface area contributed by atoms with Crippen molar-refractivity contribution in [1.82, 2.24) is 21.3 Å². The second-order valence-electron chi connectivity index (χ2n) is 9.98. The van der Waals surface area contributed by atoms with Crippen LogP contribution in [-0.2, 0) is 6.42 Å². The van der Waals surface area contributed by atoms with E-state index in [1.165, 1.54) is 31.2 Å². The van der Waals surface area contributed by atoms with Crippen molar-refractivity contribution >= 4 is 0 Å². The molecule has 0 spiro atoms. The van der Waals surface area contributed by atoms with Gasteiger partial charge in [0.25, 0.3) is 0 Å². The van der Waals surface area contributed by atoms with Crippen LogP contribution in [0.5, 0.6) is 0 Å². The molecule has 206 valence electrons. The van der Waals surface area contributed by atoms with E-state index in [4.69, 9.17) is 0 Å². The van der Waals surface area contributed by atoms with Crippen molar-refractivity contribution in [2.45, 2.75) is 76.8 Å². The third-order valence-electron chi connectivity index (χ3n) is 6.73. The van der Waals surface area contributed by atoms with E-state index in [1.807, 2.05) is 12.2 Å². The summed E-state index contributed by atoms with van der Waals surface area (Å²) in [6, 6.07) is 11.0. The van der Waals surface area contributed by atoms with Crippen molar-refractivity contribution in [3.63, 3.8) is 0 Å². The van der Waals surface area contributed by atoms with Gasteiger partial charge in [0.1, 0.15) is 0 Å². The molecular weight excluding hydrogens is 464 g/mol. The second-order valence-corrected chi connectivity index (χ2v) is 9.98. The largest absolute Gasteiger partial charge is 0.386 e. The first-order valence-corrected chi connectivity index (χ1v) is 14.3. The van der Waals surface area contributed by atoms with Gasteiger partial charge in [-0.15, -0.1) is 0 Å². The predicted molar refractivity (Wildman–Crippen MR) is 167 cm³/mol. The van der Waals surface area contributed by atoms with E-state index < -0.39 is 0 Å². The van der Waals surface area contributed by atoms with Gasteiger partial charge in [-0.05, 0) is 69.1 Å². The van der Waals surface area contributed by atoms with E-state index in [0.29, 0.717) is 0 Å². The van der Waals surface area contributed by atoms with Gasteiger partial charge in [0.2, 0.25) is 0 Å². The molecule has 4 nitrogen and oxygen atoms in total. The molecule has 0 amide bonds. The number of unbranched alkanes of at least 4 members (excludes halogenated alkanes) is 3. The maximum absolute atomic E-state index is 4.35. The van der Waals surface area contributed by atoms with Gasteiger partial charge in [-0.1, -0.05) is 94.3 Å². The molecule has 1 aliphatic heterocycles. The Kier molecular flexibility index (Phi) is 15.2. The molecule has 1 aromatic carbocycles. The first-order chi connectivity index (χ1) is 18.5. The first kappa shape index (κ1) is 30.8. The molecule has 1 aliphatic rings. The maximum Gasteiger partial charge on any atom is 0.0651 e. The van der Waals surface area contributed by atoms with Crippen LogP contribution in [0.4, 0.5) is 0 Å². The SMILES string of the molecule is C=C1/C=C/CNC(=C)C(NC(=C)C(CC)NC(=C)/C=C/C=C/CCCCCc2ccccc2)CCCCN1. The maximum atomic E-state index is 4.35. The van der Waals surface area contributed by atoms with Gasteiger partial charge >= 0.3 is 0 Å². The van der Waals surface area contributed by atoms with Crippen molar-refractivity contribution in [2.24, 2.45) is 0 Å². The average molecular weight is 515 g/mol. The fourth-order valence-corrected chi connectivity index (χ4v) is 4.42.